The van der Waals surface area contributed by atoms with Crippen molar-refractivity contribution >= 4 is 57.0 Å². The van der Waals surface area contributed by atoms with Gasteiger partial charge in [0.05, 0.1) is 27.4 Å². The molecule has 4 nitrogen and oxygen atoms in total. The highest BCUT2D eigenvalue weighted by Gasteiger charge is 2.21. The predicted molar refractivity (Wildman–Crippen MR) is 144 cm³/mol. The van der Waals surface area contributed by atoms with Crippen LogP contribution in [0.2, 0.25) is 0 Å². The van der Waals surface area contributed by atoms with E-state index >= 15 is 0 Å². The minimum absolute atomic E-state index is 0.342. The molecule has 0 radical (unpaired) electrons. The summed E-state index contributed by atoms with van der Waals surface area (Å²) >= 11 is 14.4. The Balaban J connectivity index is 1.69. The van der Waals surface area contributed by atoms with E-state index in [-0.39, 0.29) is 0 Å². The fourth-order valence-corrected chi connectivity index (χ4v) is 6.95. The lowest BCUT2D eigenvalue weighted by molar-refractivity contribution is 0.589. The standard InChI is InChI=1S/C26H18Cl2N3OPS/c27-23(20-7-3-1-4-8-20)16-33(32,17-24(28)21-9-5-2-6-10-21)31-26-30-25(18-34-26)22-13-11-19(15-29)12-14-22/h1-14,16-18H,(H,30,31,32)/b23-16+,24-17?. The molecule has 0 spiro atoms. The van der Waals surface area contributed by atoms with Gasteiger partial charge in [0.25, 0.3) is 0 Å². The van der Waals surface area contributed by atoms with E-state index in [9.17, 15) is 4.57 Å². The highest BCUT2D eigenvalue weighted by atomic mass is 35.5. The van der Waals surface area contributed by atoms with Gasteiger partial charge in [-0.05, 0) is 23.3 Å². The van der Waals surface area contributed by atoms with Gasteiger partial charge in [0, 0.05) is 22.6 Å². The predicted octanol–water partition coefficient (Wildman–Crippen LogP) is 8.85. The number of rotatable bonds is 7. The Morgan fingerprint density at radius 3 is 1.91 bits per heavy atom. The molecule has 1 N–H and O–H groups in total. The van der Waals surface area contributed by atoms with Crippen molar-refractivity contribution in [3.63, 3.8) is 0 Å². The molecule has 8 heteroatoms. The summed E-state index contributed by atoms with van der Waals surface area (Å²) in [7, 11) is -3.41. The lowest BCUT2D eigenvalue weighted by Crippen LogP contribution is -1.94. The van der Waals surface area contributed by atoms with Crippen LogP contribution in [0.1, 0.15) is 16.7 Å². The number of nitriles is 1. The average Bonchev–Trinajstić information content (AvgIpc) is 3.33. The lowest BCUT2D eigenvalue weighted by Gasteiger charge is -2.13. The second-order valence-electron chi connectivity index (χ2n) is 7.23. The molecule has 4 rings (SSSR count). The number of halogens is 2. The maximum Gasteiger partial charge on any atom is 0.217 e. The second kappa shape index (κ2) is 10.9. The zero-order valence-corrected chi connectivity index (χ0v) is 21.0. The Morgan fingerprint density at radius 1 is 0.882 bits per heavy atom. The van der Waals surface area contributed by atoms with E-state index in [2.05, 4.69) is 16.1 Å². The van der Waals surface area contributed by atoms with Crippen LogP contribution in [-0.4, -0.2) is 4.98 Å². The van der Waals surface area contributed by atoms with Crippen LogP contribution < -0.4 is 5.09 Å². The van der Waals surface area contributed by atoms with Crippen LogP contribution in [0.4, 0.5) is 5.13 Å². The molecule has 4 aromatic rings. The monoisotopic (exact) mass is 521 g/mol. The highest BCUT2D eigenvalue weighted by Crippen LogP contribution is 2.54. The van der Waals surface area contributed by atoms with Crippen molar-refractivity contribution in [3.8, 4) is 17.3 Å². The summed E-state index contributed by atoms with van der Waals surface area (Å²) in [5, 5.41) is 15.1. The summed E-state index contributed by atoms with van der Waals surface area (Å²) in [6.45, 7) is 0. The first-order valence-corrected chi connectivity index (χ1v) is 13.7. The molecule has 168 valence electrons. The number of nitrogens with one attached hydrogen (secondary N) is 1. The summed E-state index contributed by atoms with van der Waals surface area (Å²) in [5.74, 6) is 3.00. The summed E-state index contributed by atoms with van der Waals surface area (Å²) in [6, 6.07) is 27.8. The minimum Gasteiger partial charge on any atom is -0.306 e. The largest absolute Gasteiger partial charge is 0.306 e. The fourth-order valence-electron chi connectivity index (χ4n) is 3.11. The summed E-state index contributed by atoms with van der Waals surface area (Å²) in [4.78, 5) is 4.59. The molecule has 0 saturated heterocycles. The SMILES string of the molecule is N#Cc1ccc(-c2csc(NP(=O)(C=C(Cl)c3ccccc3)/C=C(/Cl)c3ccccc3)n2)cc1. The van der Waals surface area contributed by atoms with E-state index in [1.165, 1.54) is 23.0 Å². The van der Waals surface area contributed by atoms with Crippen molar-refractivity contribution in [1.82, 2.24) is 4.98 Å². The molecule has 0 aliphatic carbocycles. The van der Waals surface area contributed by atoms with Crippen molar-refractivity contribution in [3.05, 3.63) is 119 Å². The van der Waals surface area contributed by atoms with Crippen LogP contribution in [0, 0.1) is 11.3 Å². The van der Waals surface area contributed by atoms with Gasteiger partial charge in [-0.2, -0.15) is 5.26 Å². The Hall–Kier alpha value is -3.13. The topological polar surface area (TPSA) is 65.8 Å². The number of benzene rings is 3. The average molecular weight is 522 g/mol. The Bertz CT molecular complexity index is 1370. The van der Waals surface area contributed by atoms with Gasteiger partial charge >= 0.3 is 0 Å². The smallest absolute Gasteiger partial charge is 0.217 e. The number of anilines is 1. The van der Waals surface area contributed by atoms with E-state index in [0.717, 1.165) is 16.7 Å². The molecule has 0 bridgehead atoms. The highest BCUT2D eigenvalue weighted by molar-refractivity contribution is 7.72. The van der Waals surface area contributed by atoms with Gasteiger partial charge in [0.2, 0.25) is 7.29 Å². The van der Waals surface area contributed by atoms with E-state index < -0.39 is 7.29 Å². The molecule has 34 heavy (non-hydrogen) atoms. The molecular weight excluding hydrogens is 504 g/mol. The first kappa shape index (κ1) is 24.0. The summed E-state index contributed by atoms with van der Waals surface area (Å²) in [6.07, 6.45) is 0. The van der Waals surface area contributed by atoms with Gasteiger partial charge in [-0.1, -0.05) is 96.0 Å². The van der Waals surface area contributed by atoms with Gasteiger partial charge < -0.3 is 5.09 Å². The quantitative estimate of drug-likeness (QED) is 0.246. The van der Waals surface area contributed by atoms with Crippen LogP contribution in [-0.2, 0) is 4.57 Å². The van der Waals surface area contributed by atoms with Crippen LogP contribution in [0.3, 0.4) is 0 Å². The van der Waals surface area contributed by atoms with Crippen molar-refractivity contribution in [2.24, 2.45) is 0 Å². The molecule has 1 aromatic heterocycles. The molecular formula is C26H18Cl2N3OPS. The molecule has 0 fully saturated rings. The Morgan fingerprint density at radius 2 is 1.41 bits per heavy atom. The van der Waals surface area contributed by atoms with E-state index in [1.807, 2.05) is 78.2 Å². The second-order valence-corrected chi connectivity index (χ2v) is 11.1. The number of thiazole rings is 1. The van der Waals surface area contributed by atoms with Gasteiger partial charge in [-0.3, -0.25) is 4.57 Å². The van der Waals surface area contributed by atoms with Gasteiger partial charge in [0.15, 0.2) is 5.13 Å². The van der Waals surface area contributed by atoms with E-state index in [1.54, 1.807) is 12.1 Å². The van der Waals surface area contributed by atoms with Crippen molar-refractivity contribution in [2.75, 3.05) is 5.09 Å². The third-order valence-electron chi connectivity index (χ3n) is 4.79. The molecule has 1 unspecified atom stereocenters. The van der Waals surface area contributed by atoms with E-state index in [0.29, 0.717) is 26.5 Å². The van der Waals surface area contributed by atoms with Gasteiger partial charge in [-0.15, -0.1) is 11.3 Å². The molecule has 1 heterocycles. The van der Waals surface area contributed by atoms with Crippen LogP contribution in [0.5, 0.6) is 0 Å². The number of hydrogen-bond donors (Lipinski definition) is 1. The first-order chi connectivity index (χ1) is 16.5. The lowest BCUT2D eigenvalue weighted by atomic mass is 10.1. The number of nitrogens with zero attached hydrogens (tertiary/aromatic N) is 2. The minimum atomic E-state index is -3.41. The normalized spacial score (nSPS) is 13.7. The maximum absolute atomic E-state index is 14.1. The zero-order chi connectivity index (χ0) is 24.0. The number of aromatic nitrogens is 1. The van der Waals surface area contributed by atoms with Gasteiger partial charge in [0.1, 0.15) is 0 Å². The van der Waals surface area contributed by atoms with Crippen molar-refractivity contribution < 1.29 is 4.57 Å². The fraction of sp³-hybridized carbons (Fsp3) is 0. The summed E-state index contributed by atoms with van der Waals surface area (Å²) < 4.78 is 14.1. The zero-order valence-electron chi connectivity index (χ0n) is 17.7. The van der Waals surface area contributed by atoms with Crippen LogP contribution in [0.25, 0.3) is 21.3 Å². The van der Waals surface area contributed by atoms with Gasteiger partial charge in [-0.25, -0.2) is 4.98 Å². The molecule has 0 aliphatic rings. The maximum atomic E-state index is 14.1. The number of hydrogen-bond acceptors (Lipinski definition) is 4. The molecule has 0 saturated carbocycles. The van der Waals surface area contributed by atoms with Crippen molar-refractivity contribution in [1.29, 1.82) is 5.26 Å². The molecule has 1 atom stereocenters. The summed E-state index contributed by atoms with van der Waals surface area (Å²) in [5.41, 5.74) is 3.62. The van der Waals surface area contributed by atoms with Crippen LogP contribution in [0.15, 0.2) is 102 Å². The third-order valence-corrected chi connectivity index (χ3v) is 8.51. The Labute approximate surface area is 212 Å². The van der Waals surface area contributed by atoms with Crippen LogP contribution >= 0.6 is 41.8 Å². The van der Waals surface area contributed by atoms with Crippen molar-refractivity contribution in [2.45, 2.75) is 0 Å². The molecule has 3 aromatic carbocycles. The first-order valence-electron chi connectivity index (χ1n) is 10.2. The molecule has 0 aliphatic heterocycles. The molecule has 0 amide bonds. The third kappa shape index (κ3) is 6.05. The van der Waals surface area contributed by atoms with E-state index in [4.69, 9.17) is 28.5 Å². The Kier molecular flexibility index (Phi) is 7.67.